The molecule has 0 aliphatic heterocycles. The molecule has 0 amide bonds. The fraction of sp³-hybridized carbons (Fsp3) is 0. The predicted octanol–water partition coefficient (Wildman–Crippen LogP) is 2.59. The van der Waals surface area contributed by atoms with Gasteiger partial charge in [0.15, 0.2) is 5.11 Å². The van der Waals surface area contributed by atoms with Crippen molar-refractivity contribution in [2.24, 2.45) is 5.10 Å². The quantitative estimate of drug-likeness (QED) is 0.339. The largest absolute Gasteiger partial charge is 0.507 e. The molecular weight excluding hydrogens is 298 g/mol. The molecule has 0 unspecified atom stereocenters. The summed E-state index contributed by atoms with van der Waals surface area (Å²) in [5.74, 6) is 0.164. The van der Waals surface area contributed by atoms with Crippen LogP contribution in [0.2, 0.25) is 0 Å². The van der Waals surface area contributed by atoms with E-state index in [-0.39, 0.29) is 5.75 Å². The number of aromatic amines is 1. The van der Waals surface area contributed by atoms with Crippen LogP contribution in [-0.4, -0.2) is 26.6 Å². The zero-order valence-electron chi connectivity index (χ0n) is 11.4. The Balaban J connectivity index is 1.61. The van der Waals surface area contributed by atoms with Crippen molar-refractivity contribution in [1.82, 2.24) is 15.6 Å². The third kappa shape index (κ3) is 3.21. The van der Waals surface area contributed by atoms with E-state index in [1.54, 1.807) is 24.4 Å². The number of H-pyrrole nitrogens is 1. The van der Waals surface area contributed by atoms with E-state index in [0.29, 0.717) is 10.7 Å². The summed E-state index contributed by atoms with van der Waals surface area (Å²) in [6.45, 7) is 0. The normalized spacial score (nSPS) is 10.9. The molecule has 3 rings (SSSR count). The van der Waals surface area contributed by atoms with Gasteiger partial charge >= 0.3 is 0 Å². The maximum absolute atomic E-state index is 9.61. The average Bonchev–Trinajstić information content (AvgIpc) is 2.97. The lowest BCUT2D eigenvalue weighted by atomic mass is 10.2. The Bertz CT molecular complexity index is 843. The average molecular weight is 311 g/mol. The molecule has 22 heavy (non-hydrogen) atoms. The number of hydrogen-bond acceptors (Lipinski definition) is 4. The molecule has 7 heteroatoms. The Morgan fingerprint density at radius 2 is 2.14 bits per heavy atom. The number of thiocarbonyl (C=S) groups is 1. The van der Waals surface area contributed by atoms with Crippen LogP contribution in [0.4, 0.5) is 5.69 Å². The topological polar surface area (TPSA) is 85.3 Å². The van der Waals surface area contributed by atoms with Crippen LogP contribution in [0.1, 0.15) is 5.56 Å². The first kappa shape index (κ1) is 14.0. The summed E-state index contributed by atoms with van der Waals surface area (Å²) in [4.78, 5) is 0. The first-order valence-electron chi connectivity index (χ1n) is 6.53. The van der Waals surface area contributed by atoms with E-state index < -0.39 is 0 Å². The van der Waals surface area contributed by atoms with Crippen molar-refractivity contribution in [3.63, 3.8) is 0 Å². The van der Waals surface area contributed by atoms with E-state index in [1.807, 2.05) is 24.3 Å². The molecule has 1 aromatic heterocycles. The van der Waals surface area contributed by atoms with E-state index in [2.05, 4.69) is 26.0 Å². The van der Waals surface area contributed by atoms with Crippen LogP contribution in [-0.2, 0) is 0 Å². The Morgan fingerprint density at radius 1 is 1.27 bits per heavy atom. The highest BCUT2D eigenvalue weighted by Crippen LogP contribution is 2.16. The Kier molecular flexibility index (Phi) is 3.97. The van der Waals surface area contributed by atoms with Gasteiger partial charge in [0.2, 0.25) is 0 Å². The third-order valence-corrected chi connectivity index (χ3v) is 3.20. The molecule has 6 nitrogen and oxygen atoms in total. The number of aromatic nitrogens is 2. The second-order valence-electron chi connectivity index (χ2n) is 4.55. The van der Waals surface area contributed by atoms with Crippen molar-refractivity contribution in [3.05, 3.63) is 54.2 Å². The van der Waals surface area contributed by atoms with Crippen LogP contribution in [0, 0.1) is 0 Å². The summed E-state index contributed by atoms with van der Waals surface area (Å²) < 4.78 is 0. The molecule has 0 aliphatic carbocycles. The number of hydrazone groups is 1. The summed E-state index contributed by atoms with van der Waals surface area (Å²) in [6, 6.07) is 12.7. The van der Waals surface area contributed by atoms with Crippen LogP contribution in [0.3, 0.4) is 0 Å². The van der Waals surface area contributed by atoms with Gasteiger partial charge in [-0.05, 0) is 42.5 Å². The van der Waals surface area contributed by atoms with Gasteiger partial charge in [-0.15, -0.1) is 0 Å². The van der Waals surface area contributed by atoms with Crippen molar-refractivity contribution >= 4 is 40.1 Å². The zero-order valence-corrected chi connectivity index (χ0v) is 12.3. The van der Waals surface area contributed by atoms with Crippen molar-refractivity contribution in [2.75, 3.05) is 5.32 Å². The van der Waals surface area contributed by atoms with Gasteiger partial charge in [-0.1, -0.05) is 12.1 Å². The summed E-state index contributed by atoms with van der Waals surface area (Å²) in [5, 5.41) is 24.9. The number of hydrogen-bond donors (Lipinski definition) is 4. The monoisotopic (exact) mass is 311 g/mol. The second-order valence-corrected chi connectivity index (χ2v) is 4.96. The first-order valence-corrected chi connectivity index (χ1v) is 6.94. The van der Waals surface area contributed by atoms with Crippen LogP contribution >= 0.6 is 12.2 Å². The van der Waals surface area contributed by atoms with Crippen LogP contribution < -0.4 is 10.7 Å². The SMILES string of the molecule is Oc1ccccc1C=NNC(=S)Nc1ccc2cn[nH]c2c1. The summed E-state index contributed by atoms with van der Waals surface area (Å²) in [6.07, 6.45) is 3.26. The number of phenolic OH excluding ortho intramolecular Hbond substituents is 1. The van der Waals surface area contributed by atoms with Crippen molar-refractivity contribution in [2.45, 2.75) is 0 Å². The maximum atomic E-state index is 9.61. The van der Waals surface area contributed by atoms with E-state index >= 15 is 0 Å². The minimum absolute atomic E-state index is 0.164. The number of nitrogens with one attached hydrogen (secondary N) is 3. The lowest BCUT2D eigenvalue weighted by Crippen LogP contribution is -2.23. The van der Waals surface area contributed by atoms with Gasteiger partial charge in [0, 0.05) is 16.6 Å². The minimum atomic E-state index is 0.164. The van der Waals surface area contributed by atoms with Crippen LogP contribution in [0.25, 0.3) is 10.9 Å². The van der Waals surface area contributed by atoms with E-state index in [1.165, 1.54) is 6.21 Å². The number of rotatable bonds is 3. The van der Waals surface area contributed by atoms with Gasteiger partial charge in [0.1, 0.15) is 5.75 Å². The number of para-hydroxylation sites is 1. The van der Waals surface area contributed by atoms with E-state index in [0.717, 1.165) is 16.6 Å². The standard InChI is InChI=1S/C15H13N5OS/c21-14-4-2-1-3-11(14)9-17-20-15(22)18-12-6-5-10-8-16-19-13(10)7-12/h1-9,21H,(H,16,19)(H2,18,20,22). The molecule has 0 fully saturated rings. The lowest BCUT2D eigenvalue weighted by molar-refractivity contribution is 0.474. The number of nitrogens with zero attached hydrogens (tertiary/aromatic N) is 2. The van der Waals surface area contributed by atoms with Gasteiger partial charge in [-0.3, -0.25) is 10.5 Å². The van der Waals surface area contributed by atoms with Crippen LogP contribution in [0.15, 0.2) is 53.8 Å². The highest BCUT2D eigenvalue weighted by Gasteiger charge is 2.00. The number of anilines is 1. The smallest absolute Gasteiger partial charge is 0.191 e. The lowest BCUT2D eigenvalue weighted by Gasteiger charge is -2.06. The molecule has 0 bridgehead atoms. The van der Waals surface area contributed by atoms with E-state index in [4.69, 9.17) is 12.2 Å². The van der Waals surface area contributed by atoms with Crippen molar-refractivity contribution in [1.29, 1.82) is 0 Å². The van der Waals surface area contributed by atoms with Crippen LogP contribution in [0.5, 0.6) is 5.75 Å². The summed E-state index contributed by atoms with van der Waals surface area (Å²) in [5.41, 5.74) is 5.06. The van der Waals surface area contributed by atoms with Gasteiger partial charge in [-0.2, -0.15) is 10.2 Å². The Labute approximate surface area is 131 Å². The molecule has 0 radical (unpaired) electrons. The molecule has 2 aromatic carbocycles. The number of phenols is 1. The van der Waals surface area contributed by atoms with Gasteiger partial charge in [-0.25, -0.2) is 0 Å². The molecule has 0 aliphatic rings. The highest BCUT2D eigenvalue weighted by atomic mass is 32.1. The molecule has 0 spiro atoms. The second kappa shape index (κ2) is 6.23. The van der Waals surface area contributed by atoms with Crippen molar-refractivity contribution < 1.29 is 5.11 Å². The third-order valence-electron chi connectivity index (χ3n) is 3.01. The molecule has 1 heterocycles. The number of benzene rings is 2. The Hall–Kier alpha value is -2.93. The molecule has 4 N–H and O–H groups in total. The fourth-order valence-corrected chi connectivity index (χ4v) is 2.10. The minimum Gasteiger partial charge on any atom is -0.507 e. The summed E-state index contributed by atoms with van der Waals surface area (Å²) in [7, 11) is 0. The molecule has 110 valence electrons. The highest BCUT2D eigenvalue weighted by molar-refractivity contribution is 7.80. The van der Waals surface area contributed by atoms with Gasteiger partial charge < -0.3 is 10.4 Å². The zero-order chi connectivity index (χ0) is 15.4. The number of fused-ring (bicyclic) bond motifs is 1. The maximum Gasteiger partial charge on any atom is 0.191 e. The molecule has 3 aromatic rings. The number of aromatic hydroxyl groups is 1. The molecular formula is C15H13N5OS. The van der Waals surface area contributed by atoms with Crippen molar-refractivity contribution in [3.8, 4) is 5.75 Å². The molecule has 0 saturated carbocycles. The predicted molar refractivity (Wildman–Crippen MR) is 91.2 cm³/mol. The molecule has 0 saturated heterocycles. The fourth-order valence-electron chi connectivity index (χ4n) is 1.93. The summed E-state index contributed by atoms with van der Waals surface area (Å²) >= 11 is 5.16. The van der Waals surface area contributed by atoms with E-state index in [9.17, 15) is 5.11 Å². The first-order chi connectivity index (χ1) is 10.7. The molecule has 0 atom stereocenters. The van der Waals surface area contributed by atoms with Gasteiger partial charge in [0.05, 0.1) is 17.9 Å². The van der Waals surface area contributed by atoms with Gasteiger partial charge in [0.25, 0.3) is 0 Å². The Morgan fingerprint density at radius 3 is 3.00 bits per heavy atom.